The van der Waals surface area contributed by atoms with Crippen LogP contribution in [0.5, 0.6) is 0 Å². The third-order valence-corrected chi connectivity index (χ3v) is 6.13. The van der Waals surface area contributed by atoms with Gasteiger partial charge in [0.1, 0.15) is 5.82 Å². The van der Waals surface area contributed by atoms with Gasteiger partial charge in [-0.15, -0.1) is 0 Å². The van der Waals surface area contributed by atoms with Gasteiger partial charge in [-0.25, -0.2) is 4.98 Å². The topological polar surface area (TPSA) is 106 Å². The summed E-state index contributed by atoms with van der Waals surface area (Å²) in [5, 5.41) is 21.2. The number of piperidine rings is 1. The lowest BCUT2D eigenvalue weighted by molar-refractivity contribution is 0.105. The van der Waals surface area contributed by atoms with Gasteiger partial charge in [-0.2, -0.15) is 15.1 Å². The van der Waals surface area contributed by atoms with E-state index in [0.29, 0.717) is 17.0 Å². The van der Waals surface area contributed by atoms with Crippen molar-refractivity contribution in [3.63, 3.8) is 0 Å². The molecule has 3 aromatic heterocycles. The first-order chi connectivity index (χ1) is 14.0. The summed E-state index contributed by atoms with van der Waals surface area (Å²) in [6, 6.07) is 5.80. The molecule has 0 aromatic carbocycles. The number of rotatable bonds is 4. The number of aromatic amines is 1. The first-order valence-corrected chi connectivity index (χ1v) is 10.1. The second-order valence-electron chi connectivity index (χ2n) is 8.33. The lowest BCUT2D eigenvalue weighted by atomic mass is 9.69. The van der Waals surface area contributed by atoms with Crippen molar-refractivity contribution in [2.24, 2.45) is 5.41 Å². The highest BCUT2D eigenvalue weighted by Crippen LogP contribution is 2.42. The number of nitrogens with one attached hydrogen (secondary N) is 2. The Morgan fingerprint density at radius 2 is 2.03 bits per heavy atom. The minimum atomic E-state index is -0.363. The second-order valence-corrected chi connectivity index (χ2v) is 8.33. The van der Waals surface area contributed by atoms with Gasteiger partial charge in [-0.05, 0) is 51.8 Å². The lowest BCUT2D eigenvalue weighted by Gasteiger charge is -2.54. The standard InChI is InChI=1S/C19H25BN8O/c1-13-10-15(26-25-13)22-17-14-4-3-7-21-16(14)23-18(24-17)27-11-19(12-27)5-8-28(9-6-19)20(2)29/h3-4,7,10,29H,5-6,8-9,11-12H2,1-2H3,(H2,21,22,23,24,25,26). The van der Waals surface area contributed by atoms with E-state index in [1.54, 1.807) is 6.20 Å². The van der Waals surface area contributed by atoms with Crippen molar-refractivity contribution in [3.05, 3.63) is 30.1 Å². The molecule has 9 nitrogen and oxygen atoms in total. The quantitative estimate of drug-likeness (QED) is 0.578. The predicted octanol–water partition coefficient (Wildman–Crippen LogP) is 1.81. The van der Waals surface area contributed by atoms with Crippen molar-refractivity contribution < 1.29 is 5.02 Å². The summed E-state index contributed by atoms with van der Waals surface area (Å²) in [5.41, 5.74) is 1.97. The van der Waals surface area contributed by atoms with Crippen LogP contribution in [0, 0.1) is 12.3 Å². The summed E-state index contributed by atoms with van der Waals surface area (Å²) in [6.45, 7) is 7.58. The summed E-state index contributed by atoms with van der Waals surface area (Å²) in [7, 11) is -0.363. The number of H-pyrrole nitrogens is 1. The molecule has 10 heteroatoms. The summed E-state index contributed by atoms with van der Waals surface area (Å²) in [6.07, 6.45) is 3.95. The number of anilines is 3. The van der Waals surface area contributed by atoms with Crippen LogP contribution in [-0.4, -0.2) is 68.2 Å². The minimum absolute atomic E-state index is 0.306. The zero-order valence-corrected chi connectivity index (χ0v) is 16.8. The lowest BCUT2D eigenvalue weighted by Crippen LogP contribution is -2.62. The van der Waals surface area contributed by atoms with E-state index < -0.39 is 0 Å². The van der Waals surface area contributed by atoms with E-state index in [-0.39, 0.29) is 7.05 Å². The van der Waals surface area contributed by atoms with Crippen LogP contribution < -0.4 is 10.2 Å². The SMILES string of the molecule is CB(O)N1CCC2(CC1)CN(c1nc(Nc3cc(C)[nH]n3)c3cccnc3n1)C2. The summed E-state index contributed by atoms with van der Waals surface area (Å²) in [5.74, 6) is 2.15. The molecule has 150 valence electrons. The van der Waals surface area contributed by atoms with Crippen LogP contribution in [0.2, 0.25) is 6.82 Å². The summed E-state index contributed by atoms with van der Waals surface area (Å²) >= 11 is 0. The fourth-order valence-electron chi connectivity index (χ4n) is 4.38. The molecule has 2 aliphatic rings. The van der Waals surface area contributed by atoms with E-state index in [2.05, 4.69) is 30.2 Å². The number of pyridine rings is 1. The Bertz CT molecular complexity index is 1020. The molecule has 3 N–H and O–H groups in total. The average molecular weight is 392 g/mol. The molecule has 1 spiro atoms. The highest BCUT2D eigenvalue weighted by molar-refractivity contribution is 6.45. The molecule has 5 rings (SSSR count). The third kappa shape index (κ3) is 3.42. The average Bonchev–Trinajstić information content (AvgIpc) is 3.10. The molecule has 2 saturated heterocycles. The summed E-state index contributed by atoms with van der Waals surface area (Å²) in [4.78, 5) is 18.3. The Balaban J connectivity index is 1.37. The smallest absolute Gasteiger partial charge is 0.376 e. The van der Waals surface area contributed by atoms with Gasteiger partial charge in [-0.1, -0.05) is 0 Å². The van der Waals surface area contributed by atoms with Gasteiger partial charge in [0.05, 0.1) is 5.39 Å². The number of aryl methyl sites for hydroxylation is 1. The van der Waals surface area contributed by atoms with Crippen molar-refractivity contribution in [3.8, 4) is 0 Å². The van der Waals surface area contributed by atoms with Crippen molar-refractivity contribution in [2.75, 3.05) is 36.4 Å². The molecule has 0 radical (unpaired) electrons. The van der Waals surface area contributed by atoms with Crippen molar-refractivity contribution >= 4 is 35.7 Å². The Labute approximate surface area is 169 Å². The Morgan fingerprint density at radius 3 is 2.72 bits per heavy atom. The Hall–Kier alpha value is -2.72. The van der Waals surface area contributed by atoms with E-state index in [9.17, 15) is 5.02 Å². The van der Waals surface area contributed by atoms with Crippen LogP contribution in [0.15, 0.2) is 24.4 Å². The van der Waals surface area contributed by atoms with E-state index in [1.165, 1.54) is 0 Å². The summed E-state index contributed by atoms with van der Waals surface area (Å²) < 4.78 is 0. The van der Waals surface area contributed by atoms with Crippen LogP contribution in [0.3, 0.4) is 0 Å². The number of fused-ring (bicyclic) bond motifs is 1. The van der Waals surface area contributed by atoms with E-state index in [4.69, 9.17) is 9.97 Å². The molecule has 0 bridgehead atoms. The molecule has 0 amide bonds. The van der Waals surface area contributed by atoms with E-state index in [0.717, 1.165) is 61.7 Å². The van der Waals surface area contributed by atoms with Crippen LogP contribution in [0.1, 0.15) is 18.5 Å². The van der Waals surface area contributed by atoms with E-state index in [1.807, 2.05) is 31.9 Å². The Kier molecular flexibility index (Phi) is 4.40. The minimum Gasteiger partial charge on any atom is -0.437 e. The molecule has 29 heavy (non-hydrogen) atoms. The molecule has 2 fully saturated rings. The monoisotopic (exact) mass is 392 g/mol. The molecule has 0 atom stereocenters. The fraction of sp³-hybridized carbons (Fsp3) is 0.474. The van der Waals surface area contributed by atoms with Gasteiger partial charge in [0.25, 0.3) is 0 Å². The van der Waals surface area contributed by atoms with Crippen molar-refractivity contribution in [2.45, 2.75) is 26.6 Å². The number of hydrogen-bond donors (Lipinski definition) is 3. The second kappa shape index (κ2) is 6.96. The largest absolute Gasteiger partial charge is 0.437 e. The van der Waals surface area contributed by atoms with Gasteiger partial charge in [0.2, 0.25) is 5.95 Å². The molecule has 0 unspecified atom stereocenters. The Morgan fingerprint density at radius 1 is 1.24 bits per heavy atom. The van der Waals surface area contributed by atoms with Crippen LogP contribution in [0.4, 0.5) is 17.6 Å². The molecule has 0 aliphatic carbocycles. The highest BCUT2D eigenvalue weighted by atomic mass is 16.2. The molecule has 5 heterocycles. The number of nitrogens with zero attached hydrogens (tertiary/aromatic N) is 6. The van der Waals surface area contributed by atoms with Gasteiger partial charge in [0.15, 0.2) is 11.5 Å². The van der Waals surface area contributed by atoms with Gasteiger partial charge >= 0.3 is 7.05 Å². The van der Waals surface area contributed by atoms with Crippen LogP contribution in [-0.2, 0) is 0 Å². The molecular weight excluding hydrogens is 367 g/mol. The normalized spacial score (nSPS) is 18.8. The zero-order valence-electron chi connectivity index (χ0n) is 16.8. The van der Waals surface area contributed by atoms with Crippen molar-refractivity contribution in [1.29, 1.82) is 0 Å². The predicted molar refractivity (Wildman–Crippen MR) is 113 cm³/mol. The molecule has 0 saturated carbocycles. The van der Waals surface area contributed by atoms with Gasteiger partial charge in [-0.3, -0.25) is 5.10 Å². The van der Waals surface area contributed by atoms with E-state index >= 15 is 0 Å². The van der Waals surface area contributed by atoms with Crippen LogP contribution in [0.25, 0.3) is 11.0 Å². The molecule has 2 aliphatic heterocycles. The third-order valence-electron chi connectivity index (χ3n) is 6.13. The number of hydrogen-bond acceptors (Lipinski definition) is 8. The molecule has 3 aromatic rings. The first kappa shape index (κ1) is 18.3. The fourth-order valence-corrected chi connectivity index (χ4v) is 4.38. The zero-order chi connectivity index (χ0) is 20.0. The maximum atomic E-state index is 9.80. The maximum absolute atomic E-state index is 9.80. The first-order valence-electron chi connectivity index (χ1n) is 10.1. The van der Waals surface area contributed by atoms with Crippen LogP contribution >= 0.6 is 0 Å². The van der Waals surface area contributed by atoms with Gasteiger partial charge < -0.3 is 20.1 Å². The maximum Gasteiger partial charge on any atom is 0.376 e. The number of aromatic nitrogens is 5. The molecular formula is C19H25BN8O. The highest BCUT2D eigenvalue weighted by Gasteiger charge is 2.46. The van der Waals surface area contributed by atoms with Crippen molar-refractivity contribution in [1.82, 2.24) is 30.0 Å². The van der Waals surface area contributed by atoms with Gasteiger partial charge in [0, 0.05) is 36.5 Å².